The molecule has 5 nitrogen and oxygen atoms in total. The van der Waals surface area contributed by atoms with Crippen LogP contribution in [0.5, 0.6) is 5.75 Å². The van der Waals surface area contributed by atoms with Crippen LogP contribution in [0.4, 0.5) is 0 Å². The number of hydrogen-bond donors (Lipinski definition) is 0. The second-order valence-electron chi connectivity index (χ2n) is 8.18. The van der Waals surface area contributed by atoms with Crippen molar-refractivity contribution in [3.8, 4) is 27.7 Å². The molecule has 0 spiro atoms. The van der Waals surface area contributed by atoms with Crippen molar-refractivity contribution in [3.05, 3.63) is 77.8 Å². The molecule has 0 bridgehead atoms. The van der Waals surface area contributed by atoms with E-state index < -0.39 is 0 Å². The molecular formula is C26H28N4OS2. The van der Waals surface area contributed by atoms with E-state index in [1.807, 2.05) is 30.3 Å². The number of aryl methyl sites for hydroxylation is 1. The van der Waals surface area contributed by atoms with E-state index in [-0.39, 0.29) is 0 Å². The molecule has 0 saturated carbocycles. The third kappa shape index (κ3) is 5.72. The van der Waals surface area contributed by atoms with Crippen LogP contribution in [0, 0.1) is 12.8 Å². The zero-order valence-electron chi connectivity index (χ0n) is 19.2. The maximum Gasteiger partial charge on any atom is 0.192 e. The van der Waals surface area contributed by atoms with Gasteiger partial charge in [0.15, 0.2) is 11.0 Å². The number of aromatic nitrogens is 4. The maximum absolute atomic E-state index is 5.80. The number of thiazole rings is 1. The van der Waals surface area contributed by atoms with Gasteiger partial charge in [0.2, 0.25) is 0 Å². The number of thioether (sulfide) groups is 1. The van der Waals surface area contributed by atoms with Gasteiger partial charge in [-0.3, -0.25) is 4.57 Å². The quantitative estimate of drug-likeness (QED) is 0.184. The molecule has 0 radical (unpaired) electrons. The molecule has 4 aromatic rings. The molecule has 7 heteroatoms. The highest BCUT2D eigenvalue weighted by atomic mass is 32.2. The predicted octanol–water partition coefficient (Wildman–Crippen LogP) is 6.89. The lowest BCUT2D eigenvalue weighted by Crippen LogP contribution is -2.04. The van der Waals surface area contributed by atoms with Gasteiger partial charge >= 0.3 is 0 Å². The summed E-state index contributed by atoms with van der Waals surface area (Å²) in [4.78, 5) is 4.84. The molecule has 2 aromatic carbocycles. The highest BCUT2D eigenvalue weighted by Gasteiger charge is 2.15. The molecule has 0 aliphatic heterocycles. The van der Waals surface area contributed by atoms with Crippen LogP contribution in [0.15, 0.2) is 71.7 Å². The number of ether oxygens (including phenoxy) is 1. The Balaban J connectivity index is 1.48. The minimum Gasteiger partial charge on any atom is -0.493 e. The summed E-state index contributed by atoms with van der Waals surface area (Å²) in [6.45, 7) is 11.7. The summed E-state index contributed by atoms with van der Waals surface area (Å²) in [7, 11) is 0. The molecular weight excluding hydrogens is 448 g/mol. The van der Waals surface area contributed by atoms with E-state index in [2.05, 4.69) is 71.8 Å². The molecule has 0 amide bonds. The van der Waals surface area contributed by atoms with Crippen LogP contribution in [0.1, 0.15) is 25.1 Å². The second-order valence-corrected chi connectivity index (χ2v) is 9.98. The summed E-state index contributed by atoms with van der Waals surface area (Å²) < 4.78 is 7.89. The summed E-state index contributed by atoms with van der Waals surface area (Å²) in [6.07, 6.45) is 1.87. The van der Waals surface area contributed by atoms with Crippen LogP contribution in [-0.2, 0) is 12.3 Å². The number of hydrogen-bond acceptors (Lipinski definition) is 6. The van der Waals surface area contributed by atoms with Gasteiger partial charge in [-0.05, 0) is 42.7 Å². The number of benzene rings is 2. The average Bonchev–Trinajstić information content (AvgIpc) is 3.44. The summed E-state index contributed by atoms with van der Waals surface area (Å²) in [6, 6.07) is 16.4. The van der Waals surface area contributed by atoms with E-state index in [0.717, 1.165) is 38.7 Å². The van der Waals surface area contributed by atoms with E-state index in [1.165, 1.54) is 11.1 Å². The first-order valence-corrected chi connectivity index (χ1v) is 12.8. The van der Waals surface area contributed by atoms with Gasteiger partial charge in [0, 0.05) is 28.8 Å². The summed E-state index contributed by atoms with van der Waals surface area (Å²) in [5, 5.41) is 13.0. The Labute approximate surface area is 203 Å². The Kier molecular flexibility index (Phi) is 7.62. The molecule has 0 aliphatic rings. The van der Waals surface area contributed by atoms with Crippen LogP contribution in [-0.4, -0.2) is 26.4 Å². The highest BCUT2D eigenvalue weighted by molar-refractivity contribution is 7.98. The van der Waals surface area contributed by atoms with Crippen LogP contribution in [0.3, 0.4) is 0 Å². The highest BCUT2D eigenvalue weighted by Crippen LogP contribution is 2.31. The van der Waals surface area contributed by atoms with Crippen LogP contribution < -0.4 is 4.74 Å². The Morgan fingerprint density at radius 2 is 1.91 bits per heavy atom. The summed E-state index contributed by atoms with van der Waals surface area (Å²) >= 11 is 3.32. The van der Waals surface area contributed by atoms with E-state index in [0.29, 0.717) is 19.1 Å². The van der Waals surface area contributed by atoms with Gasteiger partial charge in [-0.2, -0.15) is 0 Å². The molecule has 0 fully saturated rings. The van der Waals surface area contributed by atoms with E-state index in [9.17, 15) is 0 Å². The minimum absolute atomic E-state index is 0.491. The lowest BCUT2D eigenvalue weighted by molar-refractivity contribution is 0.271. The summed E-state index contributed by atoms with van der Waals surface area (Å²) in [5.41, 5.74) is 4.48. The number of nitrogens with zero attached hydrogens (tertiary/aromatic N) is 4. The topological polar surface area (TPSA) is 52.8 Å². The third-order valence-corrected chi connectivity index (χ3v) is 6.93. The van der Waals surface area contributed by atoms with Gasteiger partial charge in [-0.25, -0.2) is 4.98 Å². The fraction of sp³-hybridized carbons (Fsp3) is 0.269. The van der Waals surface area contributed by atoms with Gasteiger partial charge in [-0.15, -0.1) is 28.1 Å². The van der Waals surface area contributed by atoms with Crippen molar-refractivity contribution in [1.29, 1.82) is 0 Å². The zero-order valence-corrected chi connectivity index (χ0v) is 20.8. The van der Waals surface area contributed by atoms with E-state index >= 15 is 0 Å². The van der Waals surface area contributed by atoms with Gasteiger partial charge in [-0.1, -0.05) is 56.0 Å². The van der Waals surface area contributed by atoms with Crippen molar-refractivity contribution >= 4 is 23.1 Å². The largest absolute Gasteiger partial charge is 0.493 e. The van der Waals surface area contributed by atoms with Gasteiger partial charge in [0.25, 0.3) is 0 Å². The Morgan fingerprint density at radius 3 is 2.64 bits per heavy atom. The van der Waals surface area contributed by atoms with Crippen molar-refractivity contribution in [2.24, 2.45) is 5.92 Å². The average molecular weight is 477 g/mol. The molecule has 0 aliphatic carbocycles. The van der Waals surface area contributed by atoms with Gasteiger partial charge < -0.3 is 4.74 Å². The first-order valence-electron chi connectivity index (χ1n) is 11.0. The minimum atomic E-state index is 0.491. The van der Waals surface area contributed by atoms with Crippen LogP contribution >= 0.6 is 23.1 Å². The van der Waals surface area contributed by atoms with Crippen molar-refractivity contribution in [1.82, 2.24) is 19.7 Å². The molecule has 0 N–H and O–H groups in total. The molecule has 0 saturated heterocycles. The Bertz CT molecular complexity index is 1210. The second kappa shape index (κ2) is 10.8. The fourth-order valence-electron chi connectivity index (χ4n) is 3.31. The molecule has 0 atom stereocenters. The van der Waals surface area contributed by atoms with Crippen LogP contribution in [0.2, 0.25) is 0 Å². The fourth-order valence-corrected chi connectivity index (χ4v) is 5.17. The normalized spacial score (nSPS) is 11.2. The predicted molar refractivity (Wildman–Crippen MR) is 138 cm³/mol. The zero-order chi connectivity index (χ0) is 23.2. The Morgan fingerprint density at radius 1 is 1.12 bits per heavy atom. The SMILES string of the molecule is C=CCn1c(SCc2csc(-c3ccccc3C)n2)nnc1-c1ccc(OCC(C)C)cc1. The lowest BCUT2D eigenvalue weighted by atomic mass is 10.1. The van der Waals surface area contributed by atoms with Gasteiger partial charge in [0.05, 0.1) is 12.3 Å². The first kappa shape index (κ1) is 23.3. The Hall–Kier alpha value is -2.90. The van der Waals surface area contributed by atoms with Crippen molar-refractivity contribution in [2.45, 2.75) is 38.2 Å². The third-order valence-electron chi connectivity index (χ3n) is 5.00. The molecule has 2 heterocycles. The van der Waals surface area contributed by atoms with Crippen molar-refractivity contribution < 1.29 is 4.74 Å². The maximum atomic E-state index is 5.80. The smallest absolute Gasteiger partial charge is 0.192 e. The van der Waals surface area contributed by atoms with Crippen LogP contribution in [0.25, 0.3) is 22.0 Å². The molecule has 0 unspecified atom stereocenters. The lowest BCUT2D eigenvalue weighted by Gasteiger charge is -2.10. The standard InChI is InChI=1S/C26H28N4OS2/c1-5-14-30-24(20-10-12-22(13-11-20)31-15-18(2)3)28-29-26(30)33-17-21-16-32-25(27-21)23-9-7-6-8-19(23)4/h5-13,16,18H,1,14-15,17H2,2-4H3. The van der Waals surface area contributed by atoms with Crippen molar-refractivity contribution in [2.75, 3.05) is 6.61 Å². The summed E-state index contributed by atoms with van der Waals surface area (Å²) in [5.74, 6) is 2.92. The molecule has 170 valence electrons. The molecule has 2 aromatic heterocycles. The van der Waals surface area contributed by atoms with Crippen molar-refractivity contribution in [3.63, 3.8) is 0 Å². The first-order chi connectivity index (χ1) is 16.0. The molecule has 4 rings (SSSR count). The van der Waals surface area contributed by atoms with E-state index in [1.54, 1.807) is 23.1 Å². The number of rotatable bonds is 10. The van der Waals surface area contributed by atoms with E-state index in [4.69, 9.17) is 9.72 Å². The number of allylic oxidation sites excluding steroid dienone is 1. The monoisotopic (exact) mass is 476 g/mol. The van der Waals surface area contributed by atoms with Gasteiger partial charge in [0.1, 0.15) is 10.8 Å². The molecule has 33 heavy (non-hydrogen) atoms.